The quantitative estimate of drug-likeness (QED) is 0.435. The zero-order valence-corrected chi connectivity index (χ0v) is 7.12. The first-order valence-corrected chi connectivity index (χ1v) is 4.29. The van der Waals surface area contributed by atoms with Crippen LogP contribution < -0.4 is 0 Å². The van der Waals surface area contributed by atoms with Crippen LogP contribution in [0.15, 0.2) is 23.8 Å². The van der Waals surface area contributed by atoms with Crippen LogP contribution in [0, 0.1) is 11.8 Å². The van der Waals surface area contributed by atoms with Gasteiger partial charge < -0.3 is 4.74 Å². The van der Waals surface area contributed by atoms with Crippen LogP contribution in [0.4, 0.5) is 0 Å². The number of carbonyl (C=O) groups excluding carboxylic acids is 1. The highest BCUT2D eigenvalue weighted by Crippen LogP contribution is 2.35. The maximum Gasteiger partial charge on any atom is 0.334 e. The number of allylic oxidation sites excluding steroid dienone is 3. The minimum Gasteiger partial charge on any atom is -0.466 e. The van der Waals surface area contributed by atoms with Crippen LogP contribution >= 0.6 is 0 Å². The zero-order chi connectivity index (χ0) is 8.55. The molecule has 2 atom stereocenters. The second-order valence-electron chi connectivity index (χ2n) is 3.35. The maximum absolute atomic E-state index is 11.2. The molecule has 0 heterocycles. The van der Waals surface area contributed by atoms with Crippen molar-refractivity contribution in [2.75, 3.05) is 7.11 Å². The minimum absolute atomic E-state index is 0.158. The summed E-state index contributed by atoms with van der Waals surface area (Å²) >= 11 is 0. The summed E-state index contributed by atoms with van der Waals surface area (Å²) in [5.74, 6) is 0.639. The van der Waals surface area contributed by atoms with Crippen molar-refractivity contribution in [1.82, 2.24) is 0 Å². The van der Waals surface area contributed by atoms with Gasteiger partial charge in [0.2, 0.25) is 0 Å². The largest absolute Gasteiger partial charge is 0.466 e. The van der Waals surface area contributed by atoms with E-state index < -0.39 is 0 Å². The summed E-state index contributed by atoms with van der Waals surface area (Å²) in [6, 6.07) is 0. The molecular formula is C10H12O2. The molecule has 0 radical (unpaired) electrons. The third kappa shape index (κ3) is 1.07. The highest BCUT2D eigenvalue weighted by molar-refractivity contribution is 5.90. The topological polar surface area (TPSA) is 26.3 Å². The monoisotopic (exact) mass is 164 g/mol. The number of methoxy groups -OCH3 is 1. The summed E-state index contributed by atoms with van der Waals surface area (Å²) in [6.45, 7) is 0. The number of hydrogen-bond acceptors (Lipinski definition) is 2. The summed E-state index contributed by atoms with van der Waals surface area (Å²) in [4.78, 5) is 11.2. The van der Waals surface area contributed by atoms with E-state index >= 15 is 0 Å². The summed E-state index contributed by atoms with van der Waals surface area (Å²) < 4.78 is 4.70. The van der Waals surface area contributed by atoms with E-state index in [0.29, 0.717) is 11.8 Å². The van der Waals surface area contributed by atoms with E-state index in [1.54, 1.807) is 0 Å². The second kappa shape index (κ2) is 2.77. The number of esters is 1. The van der Waals surface area contributed by atoms with Crippen molar-refractivity contribution in [3.8, 4) is 0 Å². The van der Waals surface area contributed by atoms with Gasteiger partial charge in [0.1, 0.15) is 0 Å². The molecule has 0 aromatic heterocycles. The maximum atomic E-state index is 11.2. The van der Waals surface area contributed by atoms with E-state index in [-0.39, 0.29) is 5.97 Å². The summed E-state index contributed by atoms with van der Waals surface area (Å²) in [6.07, 6.45) is 8.63. The Morgan fingerprint density at radius 1 is 1.50 bits per heavy atom. The summed E-state index contributed by atoms with van der Waals surface area (Å²) in [7, 11) is 1.44. The number of ether oxygens (including phenoxy) is 1. The number of carbonyl (C=O) groups is 1. The highest BCUT2D eigenvalue weighted by atomic mass is 16.5. The van der Waals surface area contributed by atoms with Gasteiger partial charge in [0.05, 0.1) is 7.11 Å². The molecule has 0 fully saturated rings. The molecule has 3 aliphatic rings. The number of fused-ring (bicyclic) bond motifs is 1. The Kier molecular flexibility index (Phi) is 1.75. The first-order chi connectivity index (χ1) is 5.81. The fraction of sp³-hybridized carbons (Fsp3) is 0.500. The van der Waals surface area contributed by atoms with Crippen LogP contribution in [0.5, 0.6) is 0 Å². The molecule has 64 valence electrons. The molecule has 0 aromatic rings. The van der Waals surface area contributed by atoms with Crippen molar-refractivity contribution in [3.05, 3.63) is 23.8 Å². The van der Waals surface area contributed by atoms with Crippen molar-refractivity contribution in [3.63, 3.8) is 0 Å². The van der Waals surface area contributed by atoms with Crippen molar-refractivity contribution < 1.29 is 9.53 Å². The van der Waals surface area contributed by atoms with Crippen LogP contribution in [0.1, 0.15) is 12.8 Å². The van der Waals surface area contributed by atoms with Gasteiger partial charge in [0, 0.05) is 11.5 Å². The molecule has 0 aliphatic heterocycles. The highest BCUT2D eigenvalue weighted by Gasteiger charge is 2.28. The van der Waals surface area contributed by atoms with E-state index in [1.807, 2.05) is 6.08 Å². The molecule has 3 rings (SSSR count). The van der Waals surface area contributed by atoms with Gasteiger partial charge in [-0.2, -0.15) is 0 Å². The van der Waals surface area contributed by atoms with Gasteiger partial charge in [-0.25, -0.2) is 4.79 Å². The Balaban J connectivity index is 2.23. The average molecular weight is 164 g/mol. The predicted octanol–water partition coefficient (Wildman–Crippen LogP) is 1.68. The third-order valence-corrected chi connectivity index (χ3v) is 2.62. The lowest BCUT2D eigenvalue weighted by Crippen LogP contribution is -2.22. The molecule has 0 unspecified atom stereocenters. The lowest BCUT2D eigenvalue weighted by atomic mass is 9.77. The molecule has 0 amide bonds. The van der Waals surface area contributed by atoms with Crippen molar-refractivity contribution in [2.24, 2.45) is 11.8 Å². The van der Waals surface area contributed by atoms with Crippen molar-refractivity contribution in [1.29, 1.82) is 0 Å². The third-order valence-electron chi connectivity index (χ3n) is 2.62. The van der Waals surface area contributed by atoms with Gasteiger partial charge in [-0.15, -0.1) is 0 Å². The molecule has 2 bridgehead atoms. The summed E-state index contributed by atoms with van der Waals surface area (Å²) in [5, 5.41) is 0. The lowest BCUT2D eigenvalue weighted by molar-refractivity contribution is -0.136. The van der Waals surface area contributed by atoms with E-state index in [9.17, 15) is 4.79 Å². The van der Waals surface area contributed by atoms with E-state index in [1.165, 1.54) is 13.5 Å². The van der Waals surface area contributed by atoms with Crippen LogP contribution in [-0.4, -0.2) is 13.1 Å². The Hall–Kier alpha value is -1.05. The second-order valence-corrected chi connectivity index (χ2v) is 3.35. The van der Waals surface area contributed by atoms with Crippen molar-refractivity contribution >= 4 is 5.97 Å². The smallest absolute Gasteiger partial charge is 0.334 e. The Bertz CT molecular complexity index is 263. The molecule has 2 nitrogen and oxygen atoms in total. The minimum atomic E-state index is -0.158. The molecule has 0 N–H and O–H groups in total. The predicted molar refractivity (Wildman–Crippen MR) is 45.5 cm³/mol. The number of rotatable bonds is 1. The molecule has 0 spiro atoms. The van der Waals surface area contributed by atoms with E-state index in [2.05, 4.69) is 12.2 Å². The number of hydrogen-bond donors (Lipinski definition) is 0. The van der Waals surface area contributed by atoms with Gasteiger partial charge in [0.15, 0.2) is 0 Å². The summed E-state index contributed by atoms with van der Waals surface area (Å²) in [5.41, 5.74) is 0.858. The molecular weight excluding hydrogens is 152 g/mol. The standard InChI is InChI=1S/C10H12O2/c1-12-10(11)9-6-7-2-4-8(9)5-3-7/h2,4,6-8H,3,5H2,1H3/t7-,8-/m0/s1. The van der Waals surface area contributed by atoms with E-state index in [4.69, 9.17) is 4.74 Å². The Morgan fingerprint density at radius 2 is 2.33 bits per heavy atom. The van der Waals surface area contributed by atoms with Crippen LogP contribution in [0.25, 0.3) is 0 Å². The fourth-order valence-electron chi connectivity index (χ4n) is 1.93. The fourth-order valence-corrected chi connectivity index (χ4v) is 1.93. The van der Waals surface area contributed by atoms with E-state index in [0.717, 1.165) is 12.0 Å². The molecule has 0 saturated carbocycles. The molecule has 3 aliphatic carbocycles. The van der Waals surface area contributed by atoms with Gasteiger partial charge in [0.25, 0.3) is 0 Å². The zero-order valence-electron chi connectivity index (χ0n) is 7.12. The first-order valence-electron chi connectivity index (χ1n) is 4.29. The van der Waals surface area contributed by atoms with Gasteiger partial charge in [-0.1, -0.05) is 18.2 Å². The molecule has 12 heavy (non-hydrogen) atoms. The lowest BCUT2D eigenvalue weighted by Gasteiger charge is -2.28. The van der Waals surface area contributed by atoms with Crippen molar-refractivity contribution in [2.45, 2.75) is 12.8 Å². The van der Waals surface area contributed by atoms with Gasteiger partial charge in [-0.3, -0.25) is 0 Å². The molecule has 0 saturated heterocycles. The average Bonchev–Trinajstić information content (AvgIpc) is 2.18. The van der Waals surface area contributed by atoms with Crippen LogP contribution in [0.2, 0.25) is 0 Å². The van der Waals surface area contributed by atoms with Crippen LogP contribution in [0.3, 0.4) is 0 Å². The normalized spacial score (nSPS) is 31.6. The van der Waals surface area contributed by atoms with Crippen LogP contribution in [-0.2, 0) is 9.53 Å². The van der Waals surface area contributed by atoms with Gasteiger partial charge in [-0.05, 0) is 18.8 Å². The SMILES string of the molecule is COC(=O)C1=C[C@H]2C=C[C@H]1CC2. The van der Waals surface area contributed by atoms with Gasteiger partial charge >= 0.3 is 5.97 Å². The Morgan fingerprint density at radius 3 is 2.75 bits per heavy atom. The molecule has 2 heteroatoms. The first kappa shape index (κ1) is 7.59. The molecule has 0 aromatic carbocycles. The Labute approximate surface area is 71.9 Å².